The first kappa shape index (κ1) is 26.8. The Kier molecular flexibility index (Phi) is 5.93. The third kappa shape index (κ3) is 3.72. The predicted molar refractivity (Wildman–Crippen MR) is 197 cm³/mol. The normalized spacial score (nSPS) is 15.8. The van der Waals surface area contributed by atoms with E-state index < -0.39 is 11.2 Å². The molecule has 2 aliphatic rings. The van der Waals surface area contributed by atoms with E-state index in [2.05, 4.69) is 45.2 Å². The Morgan fingerprint density at radius 1 is 0.545 bits per heavy atom. The van der Waals surface area contributed by atoms with Crippen molar-refractivity contribution < 1.29 is 11.8 Å². The summed E-state index contributed by atoms with van der Waals surface area (Å²) in [5, 5.41) is 5.63. The molecule has 0 saturated carbocycles. The van der Waals surface area contributed by atoms with Gasteiger partial charge in [-0.3, -0.25) is 0 Å². The molecular weight excluding hydrogens is 796 g/mol. The van der Waals surface area contributed by atoms with Crippen LogP contribution in [0.2, 0.25) is 0 Å². The van der Waals surface area contributed by atoms with Gasteiger partial charge in [0.1, 0.15) is 0 Å². The highest BCUT2D eigenvalue weighted by molar-refractivity contribution is 14.1. The van der Waals surface area contributed by atoms with Crippen LogP contribution < -0.4 is 0 Å². The van der Waals surface area contributed by atoms with E-state index in [4.69, 9.17) is 0 Å². The van der Waals surface area contributed by atoms with Crippen molar-refractivity contribution in [1.82, 2.24) is 3.97 Å². The molecule has 0 fully saturated rings. The molecule has 2 aliphatic heterocycles. The van der Waals surface area contributed by atoms with Crippen molar-refractivity contribution >= 4 is 106 Å². The third-order valence-corrected chi connectivity index (χ3v) is 11.7. The second-order valence-corrected chi connectivity index (χ2v) is 15.1. The highest BCUT2D eigenvalue weighted by atomic mass is 127. The SMILES string of the molecule is FS1(F)n2c(c3ccc(I)cc3c2-c2cccc3ccccc23)C=C2c3ccc(I)cc3C(c3cccc4ccccc34)=[N+]21. The van der Waals surface area contributed by atoms with Crippen LogP contribution in [0.25, 0.3) is 55.3 Å². The van der Waals surface area contributed by atoms with Gasteiger partial charge in [-0.2, -0.15) is 3.97 Å². The van der Waals surface area contributed by atoms with E-state index in [-0.39, 0.29) is 0 Å². The Bertz CT molecular complexity index is 2450. The molecule has 9 rings (SSSR count). The molecule has 0 unspecified atom stereocenters. The minimum atomic E-state index is -4.65. The van der Waals surface area contributed by atoms with Crippen molar-refractivity contribution in [2.75, 3.05) is 0 Å². The summed E-state index contributed by atoms with van der Waals surface area (Å²) in [5.74, 6) is 0. The Balaban J connectivity index is 1.46. The van der Waals surface area contributed by atoms with Crippen LogP contribution >= 0.6 is 56.4 Å². The lowest BCUT2D eigenvalue weighted by Crippen LogP contribution is -2.24. The van der Waals surface area contributed by atoms with Gasteiger partial charge < -0.3 is 0 Å². The zero-order valence-electron chi connectivity index (χ0n) is 22.9. The first-order valence-electron chi connectivity index (χ1n) is 14.1. The van der Waals surface area contributed by atoms with Crippen molar-refractivity contribution in [3.8, 4) is 11.3 Å². The van der Waals surface area contributed by atoms with Crippen LogP contribution in [0.1, 0.15) is 22.4 Å². The number of rotatable bonds is 2. The van der Waals surface area contributed by atoms with Crippen LogP contribution in [-0.4, -0.2) is 13.7 Å². The minimum absolute atomic E-state index is 0.550. The highest BCUT2D eigenvalue weighted by Crippen LogP contribution is 2.65. The molecule has 1 aromatic heterocycles. The topological polar surface area (TPSA) is 7.94 Å². The highest BCUT2D eigenvalue weighted by Gasteiger charge is 2.55. The fourth-order valence-corrected chi connectivity index (χ4v) is 9.62. The van der Waals surface area contributed by atoms with E-state index >= 15 is 7.77 Å². The molecule has 7 aromatic rings. The van der Waals surface area contributed by atoms with Gasteiger partial charge in [0.05, 0.1) is 28.1 Å². The molecule has 0 aliphatic carbocycles. The van der Waals surface area contributed by atoms with Crippen molar-refractivity contribution in [2.24, 2.45) is 0 Å². The van der Waals surface area contributed by atoms with Gasteiger partial charge in [-0.05, 0) is 103 Å². The van der Waals surface area contributed by atoms with Crippen molar-refractivity contribution in [3.05, 3.63) is 151 Å². The van der Waals surface area contributed by atoms with Crippen LogP contribution in [0.5, 0.6) is 0 Å². The van der Waals surface area contributed by atoms with Crippen LogP contribution in [0.4, 0.5) is 7.77 Å². The molecule has 3 heterocycles. The van der Waals surface area contributed by atoms with E-state index in [1.54, 1.807) is 0 Å². The van der Waals surface area contributed by atoms with Crippen LogP contribution in [0.15, 0.2) is 121 Å². The third-order valence-electron chi connectivity index (χ3n) is 8.67. The molecule has 0 N–H and O–H groups in total. The quantitative estimate of drug-likeness (QED) is 0.121. The Labute approximate surface area is 281 Å². The minimum Gasteiger partial charge on any atom is -0.200 e. The van der Waals surface area contributed by atoms with Gasteiger partial charge in [0.15, 0.2) is 0 Å². The zero-order chi connectivity index (χ0) is 29.7. The number of benzene rings is 6. The Hall–Kier alpha value is -3.54. The molecule has 0 bridgehead atoms. The molecular formula is C37H21F2I2N2S+. The maximum atomic E-state index is 17.9. The second kappa shape index (κ2) is 9.73. The maximum absolute atomic E-state index is 17.9. The number of aromatic nitrogens is 1. The Morgan fingerprint density at radius 2 is 1.16 bits per heavy atom. The van der Waals surface area contributed by atoms with Gasteiger partial charge in [-0.15, -0.1) is 0 Å². The predicted octanol–water partition coefficient (Wildman–Crippen LogP) is 11.5. The standard InChI is InChI=1S/C37H21F2I2N2S/c38-44(39)42-34(28-17-15-24(40)19-32(28)36(42)30-13-5-9-22-7-1-3-11-26(22)30)21-35-29-18-16-25(41)20-33(29)37(43(35)44)31-14-6-10-23-8-2-4-12-27(23)31/h1-21H/q+1. The molecule has 44 heavy (non-hydrogen) atoms. The average molecular weight is 817 g/mol. The first-order chi connectivity index (χ1) is 21.4. The number of nitrogens with zero attached hydrogens (tertiary/aromatic N) is 2. The molecule has 0 radical (unpaired) electrons. The summed E-state index contributed by atoms with van der Waals surface area (Å²) in [6.45, 7) is 0. The molecule has 6 aromatic carbocycles. The van der Waals surface area contributed by atoms with Gasteiger partial charge in [-0.1, -0.05) is 96.7 Å². The molecule has 2 nitrogen and oxygen atoms in total. The number of hydrogen-bond acceptors (Lipinski definition) is 0. The van der Waals surface area contributed by atoms with Gasteiger partial charge in [0.25, 0.3) is 0 Å². The van der Waals surface area contributed by atoms with Crippen LogP contribution in [-0.2, 0) is 0 Å². The lowest BCUT2D eigenvalue weighted by Gasteiger charge is -2.26. The fraction of sp³-hybridized carbons (Fsp3) is 0. The lowest BCUT2D eigenvalue weighted by molar-refractivity contribution is -0.253. The Morgan fingerprint density at radius 3 is 1.91 bits per heavy atom. The van der Waals surface area contributed by atoms with Gasteiger partial charge in [-0.25, -0.2) is 0 Å². The second-order valence-electron chi connectivity index (χ2n) is 11.1. The number of fused-ring (bicyclic) bond motifs is 8. The van der Waals surface area contributed by atoms with Gasteiger partial charge in [0.2, 0.25) is 11.4 Å². The van der Waals surface area contributed by atoms with E-state index in [1.165, 1.54) is 7.95 Å². The largest absolute Gasteiger partial charge is 0.388 e. The van der Waals surface area contributed by atoms with E-state index in [0.29, 0.717) is 22.8 Å². The smallest absolute Gasteiger partial charge is 0.200 e. The van der Waals surface area contributed by atoms with Gasteiger partial charge in [0, 0.05) is 29.6 Å². The summed E-state index contributed by atoms with van der Waals surface area (Å²) < 4.78 is 40.6. The monoisotopic (exact) mass is 817 g/mol. The molecule has 0 saturated heterocycles. The molecule has 0 amide bonds. The summed E-state index contributed by atoms with van der Waals surface area (Å²) in [4.78, 5) is 0. The van der Waals surface area contributed by atoms with Crippen molar-refractivity contribution in [3.63, 3.8) is 0 Å². The van der Waals surface area contributed by atoms with Crippen LogP contribution in [0.3, 0.4) is 0 Å². The zero-order valence-corrected chi connectivity index (χ0v) is 28.1. The first-order valence-corrected chi connectivity index (χ1v) is 17.6. The fourth-order valence-electron chi connectivity index (χ4n) is 6.86. The maximum Gasteiger partial charge on any atom is 0.388 e. The summed E-state index contributed by atoms with van der Waals surface area (Å²) in [5.41, 5.74) is 5.50. The van der Waals surface area contributed by atoms with Crippen molar-refractivity contribution in [1.29, 1.82) is 0 Å². The lowest BCUT2D eigenvalue weighted by atomic mass is 9.95. The molecule has 212 valence electrons. The molecule has 7 heteroatoms. The van der Waals surface area contributed by atoms with Crippen molar-refractivity contribution in [2.45, 2.75) is 0 Å². The van der Waals surface area contributed by atoms with E-state index in [0.717, 1.165) is 61.7 Å². The van der Waals surface area contributed by atoms with E-state index in [9.17, 15) is 0 Å². The summed E-state index contributed by atoms with van der Waals surface area (Å²) in [6, 6.07) is 40.2. The number of hydrogen-bond donors (Lipinski definition) is 0. The average Bonchev–Trinajstić information content (AvgIpc) is 3.53. The molecule has 0 atom stereocenters. The summed E-state index contributed by atoms with van der Waals surface area (Å²) in [7, 11) is 0. The van der Waals surface area contributed by atoms with Gasteiger partial charge >= 0.3 is 11.2 Å². The molecule has 0 spiro atoms. The van der Waals surface area contributed by atoms with Crippen LogP contribution in [0, 0.1) is 7.14 Å². The summed E-state index contributed by atoms with van der Waals surface area (Å²) >= 11 is -0.0887. The number of halogens is 4. The van der Waals surface area contributed by atoms with E-state index in [1.807, 2.05) is 127 Å². The summed E-state index contributed by atoms with van der Waals surface area (Å²) in [6.07, 6.45) is 1.98.